The molecule has 3 heterocycles. The first kappa shape index (κ1) is 21.6. The van der Waals surface area contributed by atoms with Crippen molar-refractivity contribution in [2.24, 2.45) is 5.92 Å². The quantitative estimate of drug-likeness (QED) is 0.751. The van der Waals surface area contributed by atoms with E-state index in [1.807, 2.05) is 30.9 Å². The molecule has 0 aromatic carbocycles. The van der Waals surface area contributed by atoms with E-state index in [0.29, 0.717) is 48.4 Å². The molecule has 0 spiro atoms. The number of amides is 1. The molecule has 0 saturated carbocycles. The van der Waals surface area contributed by atoms with Crippen molar-refractivity contribution in [3.63, 3.8) is 0 Å². The van der Waals surface area contributed by atoms with Gasteiger partial charge in [-0.05, 0) is 56.4 Å². The molecule has 1 unspecified atom stereocenters. The summed E-state index contributed by atoms with van der Waals surface area (Å²) in [6.07, 6.45) is 4.29. The summed E-state index contributed by atoms with van der Waals surface area (Å²) >= 11 is 0. The molecule has 0 radical (unpaired) electrons. The highest BCUT2D eigenvalue weighted by molar-refractivity contribution is 5.95. The Morgan fingerprint density at radius 2 is 2.20 bits per heavy atom. The van der Waals surface area contributed by atoms with E-state index in [2.05, 4.69) is 28.3 Å². The molecular formula is C23H29N5O2. The molecule has 2 atom stereocenters. The van der Waals surface area contributed by atoms with Gasteiger partial charge >= 0.3 is 0 Å². The van der Waals surface area contributed by atoms with Crippen LogP contribution in [0.5, 0.6) is 5.75 Å². The molecule has 0 aliphatic carbocycles. The Hall–Kier alpha value is -3.14. The van der Waals surface area contributed by atoms with Gasteiger partial charge in [0.25, 0.3) is 5.91 Å². The predicted molar refractivity (Wildman–Crippen MR) is 115 cm³/mol. The van der Waals surface area contributed by atoms with Gasteiger partial charge in [-0.2, -0.15) is 5.26 Å². The smallest absolute Gasteiger partial charge is 0.276 e. The molecule has 30 heavy (non-hydrogen) atoms. The van der Waals surface area contributed by atoms with Crippen LogP contribution in [-0.4, -0.2) is 46.5 Å². The Morgan fingerprint density at radius 3 is 2.90 bits per heavy atom. The molecule has 1 fully saturated rings. The van der Waals surface area contributed by atoms with Crippen LogP contribution in [0.2, 0.25) is 0 Å². The zero-order valence-electron chi connectivity index (χ0n) is 17.9. The van der Waals surface area contributed by atoms with Crippen molar-refractivity contribution in [1.29, 1.82) is 5.26 Å². The van der Waals surface area contributed by atoms with Crippen LogP contribution in [0.1, 0.15) is 54.9 Å². The van der Waals surface area contributed by atoms with Gasteiger partial charge in [0, 0.05) is 31.0 Å². The maximum Gasteiger partial charge on any atom is 0.276 e. The fraction of sp³-hybridized carbons (Fsp3) is 0.478. The minimum absolute atomic E-state index is 0.0278. The van der Waals surface area contributed by atoms with Crippen molar-refractivity contribution in [3.05, 3.63) is 47.4 Å². The zero-order chi connectivity index (χ0) is 21.5. The third kappa shape index (κ3) is 5.26. The molecule has 2 aromatic rings. The molecule has 0 bridgehead atoms. The number of likely N-dealkylation sites (tertiary alicyclic amines) is 1. The Kier molecular flexibility index (Phi) is 7.23. The number of anilines is 1. The van der Waals surface area contributed by atoms with Crippen LogP contribution >= 0.6 is 0 Å². The van der Waals surface area contributed by atoms with Crippen molar-refractivity contribution in [1.82, 2.24) is 14.9 Å². The summed E-state index contributed by atoms with van der Waals surface area (Å²) < 4.78 is 5.80. The second-order valence-electron chi connectivity index (χ2n) is 7.85. The van der Waals surface area contributed by atoms with Gasteiger partial charge in [0.05, 0.1) is 12.2 Å². The molecule has 1 aliphatic rings. The number of ether oxygens (including phenoxy) is 1. The van der Waals surface area contributed by atoms with E-state index in [4.69, 9.17) is 10.00 Å². The van der Waals surface area contributed by atoms with Crippen LogP contribution in [0.25, 0.3) is 0 Å². The Balaban J connectivity index is 1.77. The lowest BCUT2D eigenvalue weighted by atomic mass is 9.92. The Bertz CT molecular complexity index is 907. The minimum atomic E-state index is -0.0868. The molecule has 3 rings (SSSR count). The van der Waals surface area contributed by atoms with Gasteiger partial charge in [0.15, 0.2) is 11.4 Å². The van der Waals surface area contributed by atoms with E-state index >= 15 is 0 Å². The molecular weight excluding hydrogens is 378 g/mol. The predicted octanol–water partition coefficient (Wildman–Crippen LogP) is 3.80. The van der Waals surface area contributed by atoms with Gasteiger partial charge in [0.2, 0.25) is 0 Å². The maximum absolute atomic E-state index is 13.5. The van der Waals surface area contributed by atoms with Crippen LogP contribution in [0, 0.1) is 24.2 Å². The van der Waals surface area contributed by atoms with Gasteiger partial charge in [-0.15, -0.1) is 0 Å². The zero-order valence-corrected chi connectivity index (χ0v) is 17.9. The van der Waals surface area contributed by atoms with E-state index in [9.17, 15) is 4.79 Å². The first-order valence-corrected chi connectivity index (χ1v) is 10.5. The van der Waals surface area contributed by atoms with E-state index in [0.717, 1.165) is 25.0 Å². The van der Waals surface area contributed by atoms with E-state index in [1.54, 1.807) is 18.3 Å². The number of carbonyl (C=O) groups is 1. The van der Waals surface area contributed by atoms with Crippen LogP contribution in [0.4, 0.5) is 5.82 Å². The van der Waals surface area contributed by atoms with E-state index < -0.39 is 0 Å². The monoisotopic (exact) mass is 407 g/mol. The van der Waals surface area contributed by atoms with Gasteiger partial charge in [-0.1, -0.05) is 13.8 Å². The fourth-order valence-electron chi connectivity index (χ4n) is 3.66. The van der Waals surface area contributed by atoms with Crippen molar-refractivity contribution in [2.45, 2.75) is 46.1 Å². The lowest BCUT2D eigenvalue weighted by Gasteiger charge is -2.38. The van der Waals surface area contributed by atoms with Gasteiger partial charge < -0.3 is 15.0 Å². The first-order chi connectivity index (χ1) is 14.5. The number of rotatable bonds is 7. The minimum Gasteiger partial charge on any atom is -0.491 e. The lowest BCUT2D eigenvalue weighted by Crippen LogP contribution is -2.49. The molecule has 1 N–H and O–H groups in total. The number of aryl methyl sites for hydroxylation is 1. The summed E-state index contributed by atoms with van der Waals surface area (Å²) in [6, 6.07) is 9.32. The first-order valence-electron chi connectivity index (χ1n) is 10.5. The maximum atomic E-state index is 13.5. The summed E-state index contributed by atoms with van der Waals surface area (Å²) in [7, 11) is 0. The highest BCUT2D eigenvalue weighted by Gasteiger charge is 2.32. The normalized spacial score (nSPS) is 18.5. The summed E-state index contributed by atoms with van der Waals surface area (Å²) in [5.41, 5.74) is 1.71. The molecule has 1 amide bonds. The number of hydrogen-bond donors (Lipinski definition) is 1. The van der Waals surface area contributed by atoms with E-state index in [-0.39, 0.29) is 11.9 Å². The summed E-state index contributed by atoms with van der Waals surface area (Å²) in [5.74, 6) is 1.69. The SMILES string of the molecule is CCCOc1ccc(C)nc1C(=O)N1CC[C@@H](C)CC1CNc1ccc(C#N)cn1. The number of piperidine rings is 1. The van der Waals surface area contributed by atoms with Gasteiger partial charge in [-0.3, -0.25) is 4.79 Å². The molecule has 7 heteroatoms. The molecule has 2 aromatic heterocycles. The number of nitriles is 1. The van der Waals surface area contributed by atoms with Crippen LogP contribution in [-0.2, 0) is 0 Å². The van der Waals surface area contributed by atoms with Crippen LogP contribution in [0.15, 0.2) is 30.5 Å². The fourth-order valence-corrected chi connectivity index (χ4v) is 3.66. The van der Waals surface area contributed by atoms with Crippen LogP contribution in [0.3, 0.4) is 0 Å². The van der Waals surface area contributed by atoms with Gasteiger partial charge in [-0.25, -0.2) is 9.97 Å². The number of hydrogen-bond acceptors (Lipinski definition) is 6. The van der Waals surface area contributed by atoms with Crippen molar-refractivity contribution in [3.8, 4) is 11.8 Å². The highest BCUT2D eigenvalue weighted by atomic mass is 16.5. The summed E-state index contributed by atoms with van der Waals surface area (Å²) in [5, 5.41) is 12.2. The third-order valence-corrected chi connectivity index (χ3v) is 5.31. The summed E-state index contributed by atoms with van der Waals surface area (Å²) in [4.78, 5) is 24.1. The average molecular weight is 408 g/mol. The van der Waals surface area contributed by atoms with Crippen LogP contribution < -0.4 is 10.1 Å². The third-order valence-electron chi connectivity index (χ3n) is 5.31. The number of nitrogens with zero attached hydrogens (tertiary/aromatic N) is 4. The molecule has 1 saturated heterocycles. The average Bonchev–Trinajstić information content (AvgIpc) is 2.76. The number of pyridine rings is 2. The molecule has 158 valence electrons. The molecule has 7 nitrogen and oxygen atoms in total. The molecule has 1 aliphatic heterocycles. The summed E-state index contributed by atoms with van der Waals surface area (Å²) in [6.45, 7) is 7.97. The van der Waals surface area contributed by atoms with Gasteiger partial charge in [0.1, 0.15) is 11.9 Å². The van der Waals surface area contributed by atoms with E-state index in [1.165, 1.54) is 0 Å². The second kappa shape index (κ2) is 10.1. The standard InChI is InChI=1S/C23H29N5O2/c1-4-11-30-20-7-5-17(3)27-22(20)23(29)28-10-9-16(2)12-19(28)15-26-21-8-6-18(13-24)14-25-21/h5-8,14,16,19H,4,9-12,15H2,1-3H3,(H,25,26)/t16-,19?/m1/s1. The number of carbonyl (C=O) groups excluding carboxylic acids is 1. The van der Waals surface area contributed by atoms with Crippen molar-refractivity contribution >= 4 is 11.7 Å². The topological polar surface area (TPSA) is 91.1 Å². The highest BCUT2D eigenvalue weighted by Crippen LogP contribution is 2.27. The van der Waals surface area contributed by atoms with Crippen molar-refractivity contribution in [2.75, 3.05) is 25.0 Å². The number of aromatic nitrogens is 2. The largest absolute Gasteiger partial charge is 0.491 e. The lowest BCUT2D eigenvalue weighted by molar-refractivity contribution is 0.0568. The Labute approximate surface area is 178 Å². The second-order valence-corrected chi connectivity index (χ2v) is 7.85. The Morgan fingerprint density at radius 1 is 1.37 bits per heavy atom. The number of nitrogens with one attached hydrogen (secondary N) is 1. The van der Waals surface area contributed by atoms with Crippen molar-refractivity contribution < 1.29 is 9.53 Å².